The first kappa shape index (κ1) is 14.8. The van der Waals surface area contributed by atoms with Crippen LogP contribution in [0, 0.1) is 0 Å². The van der Waals surface area contributed by atoms with E-state index in [0.29, 0.717) is 18.0 Å². The number of likely N-dealkylation sites (tertiary alicyclic amines) is 1. The number of hydrogen-bond acceptors (Lipinski definition) is 6. The van der Waals surface area contributed by atoms with Crippen LogP contribution in [0.2, 0.25) is 0 Å². The van der Waals surface area contributed by atoms with Gasteiger partial charge in [-0.2, -0.15) is 22.1 Å². The number of carbonyl (C=O) groups excluding carboxylic acids is 2. The number of esters is 1. The Morgan fingerprint density at radius 3 is 3.00 bits per heavy atom. The van der Waals surface area contributed by atoms with Gasteiger partial charge >= 0.3 is 5.97 Å². The van der Waals surface area contributed by atoms with E-state index >= 15 is 0 Å². The van der Waals surface area contributed by atoms with Gasteiger partial charge in [0.25, 0.3) is 0 Å². The molecule has 1 fully saturated rings. The van der Waals surface area contributed by atoms with Gasteiger partial charge in [0.05, 0.1) is 18.4 Å². The largest absolute Gasteiger partial charge is 0.461 e. The van der Waals surface area contributed by atoms with Gasteiger partial charge < -0.3 is 9.64 Å². The summed E-state index contributed by atoms with van der Waals surface area (Å²) < 4.78 is 4.96. The van der Waals surface area contributed by atoms with Gasteiger partial charge in [-0.05, 0) is 26.0 Å². The normalized spacial score (nSPS) is 18.3. The molecule has 0 spiro atoms. The predicted octanol–water partition coefficient (Wildman–Crippen LogP) is 1.01. The number of aromatic nitrogens is 3. The summed E-state index contributed by atoms with van der Waals surface area (Å²) in [7, 11) is 0. The number of H-pyrrole nitrogens is 1. The summed E-state index contributed by atoms with van der Waals surface area (Å²) in [5, 5.41) is 10.4. The van der Waals surface area contributed by atoms with Crippen molar-refractivity contribution >= 4 is 23.6 Å². The standard InChI is InChI=1S/C12H18N4O3S/c1-3-19-12(18)11-10(13-15-14-11)8-5-4-6-16(8)9(17)7-20-2/h8H,3-7H2,1-2H3,(H,13,14,15). The lowest BCUT2D eigenvalue weighted by molar-refractivity contribution is -0.129. The first-order chi connectivity index (χ1) is 9.69. The third kappa shape index (κ3) is 2.95. The van der Waals surface area contributed by atoms with Crippen LogP contribution < -0.4 is 0 Å². The Hall–Kier alpha value is -1.57. The molecule has 110 valence electrons. The molecule has 7 nitrogen and oxygen atoms in total. The molecule has 0 aliphatic carbocycles. The second-order valence-electron chi connectivity index (χ2n) is 4.46. The fourth-order valence-electron chi connectivity index (χ4n) is 2.38. The molecule has 0 radical (unpaired) electrons. The van der Waals surface area contributed by atoms with Gasteiger partial charge in [0.2, 0.25) is 5.91 Å². The maximum atomic E-state index is 12.1. The number of nitrogens with one attached hydrogen (secondary N) is 1. The van der Waals surface area contributed by atoms with Crippen molar-refractivity contribution in [2.45, 2.75) is 25.8 Å². The van der Waals surface area contributed by atoms with Crippen LogP contribution in [0.1, 0.15) is 42.0 Å². The highest BCUT2D eigenvalue weighted by Crippen LogP contribution is 2.32. The minimum absolute atomic E-state index is 0.0674. The molecule has 1 aliphatic rings. The average Bonchev–Trinajstić information content (AvgIpc) is 3.07. The Bertz CT molecular complexity index is 491. The van der Waals surface area contributed by atoms with Crippen LogP contribution in [0.4, 0.5) is 0 Å². The maximum Gasteiger partial charge on any atom is 0.360 e. The molecule has 0 aromatic carbocycles. The number of hydrogen-bond donors (Lipinski definition) is 1. The summed E-state index contributed by atoms with van der Waals surface area (Å²) in [6.07, 6.45) is 3.59. The summed E-state index contributed by atoms with van der Waals surface area (Å²) in [6.45, 7) is 2.71. The summed E-state index contributed by atoms with van der Waals surface area (Å²) >= 11 is 1.49. The Morgan fingerprint density at radius 1 is 1.50 bits per heavy atom. The minimum atomic E-state index is -0.500. The first-order valence-corrected chi connectivity index (χ1v) is 7.94. The minimum Gasteiger partial charge on any atom is -0.461 e. The van der Waals surface area contributed by atoms with Crippen molar-refractivity contribution in [1.29, 1.82) is 0 Å². The second kappa shape index (κ2) is 6.74. The molecular weight excluding hydrogens is 280 g/mol. The maximum absolute atomic E-state index is 12.1. The highest BCUT2D eigenvalue weighted by atomic mass is 32.2. The summed E-state index contributed by atoms with van der Waals surface area (Å²) in [6, 6.07) is -0.187. The molecule has 1 saturated heterocycles. The van der Waals surface area contributed by atoms with Crippen LogP contribution in [0.15, 0.2) is 0 Å². The Kier molecular flexibility index (Phi) is 4.99. The molecule has 1 atom stereocenters. The van der Waals surface area contributed by atoms with E-state index in [1.54, 1.807) is 11.8 Å². The van der Waals surface area contributed by atoms with Crippen molar-refractivity contribution in [3.63, 3.8) is 0 Å². The van der Waals surface area contributed by atoms with E-state index in [-0.39, 0.29) is 24.2 Å². The Labute approximate surface area is 121 Å². The quantitative estimate of drug-likeness (QED) is 0.816. The molecule has 8 heteroatoms. The topological polar surface area (TPSA) is 88.2 Å². The highest BCUT2D eigenvalue weighted by molar-refractivity contribution is 7.99. The van der Waals surface area contributed by atoms with Crippen molar-refractivity contribution in [2.75, 3.05) is 25.2 Å². The lowest BCUT2D eigenvalue weighted by atomic mass is 10.1. The number of carbonyl (C=O) groups is 2. The third-order valence-corrected chi connectivity index (χ3v) is 3.74. The average molecular weight is 298 g/mol. The van der Waals surface area contributed by atoms with Gasteiger partial charge in [0.1, 0.15) is 5.69 Å². The molecular formula is C12H18N4O3S. The molecule has 1 amide bonds. The van der Waals surface area contributed by atoms with E-state index in [1.807, 2.05) is 6.26 Å². The molecule has 20 heavy (non-hydrogen) atoms. The first-order valence-electron chi connectivity index (χ1n) is 6.55. The van der Waals surface area contributed by atoms with Gasteiger partial charge in [-0.1, -0.05) is 0 Å². The SMILES string of the molecule is CCOC(=O)c1n[nH]nc1C1CCCN1C(=O)CSC. The van der Waals surface area contributed by atoms with Crippen LogP contribution >= 0.6 is 11.8 Å². The fourth-order valence-corrected chi connectivity index (χ4v) is 2.79. The zero-order chi connectivity index (χ0) is 14.5. The van der Waals surface area contributed by atoms with Crippen molar-refractivity contribution in [3.8, 4) is 0 Å². The van der Waals surface area contributed by atoms with Gasteiger partial charge in [-0.15, -0.1) is 5.10 Å². The second-order valence-corrected chi connectivity index (χ2v) is 5.32. The van der Waals surface area contributed by atoms with E-state index < -0.39 is 5.97 Å². The molecule has 1 N–H and O–H groups in total. The number of rotatable bonds is 5. The lowest BCUT2D eigenvalue weighted by Gasteiger charge is -2.23. The lowest BCUT2D eigenvalue weighted by Crippen LogP contribution is -2.32. The van der Waals surface area contributed by atoms with E-state index in [0.717, 1.165) is 12.8 Å². The van der Waals surface area contributed by atoms with Crippen molar-refractivity contribution in [2.24, 2.45) is 0 Å². The number of thioether (sulfide) groups is 1. The molecule has 1 aromatic heterocycles. The number of aromatic amines is 1. The number of amides is 1. The van der Waals surface area contributed by atoms with Crippen molar-refractivity contribution in [3.05, 3.63) is 11.4 Å². The third-order valence-electron chi connectivity index (χ3n) is 3.20. The van der Waals surface area contributed by atoms with Crippen molar-refractivity contribution < 1.29 is 14.3 Å². The summed E-state index contributed by atoms with van der Waals surface area (Å²) in [5.74, 6) is 0.00142. The van der Waals surface area contributed by atoms with Crippen LogP contribution in [-0.2, 0) is 9.53 Å². The van der Waals surface area contributed by atoms with Crippen LogP contribution in [0.3, 0.4) is 0 Å². The zero-order valence-electron chi connectivity index (χ0n) is 11.6. The molecule has 1 unspecified atom stereocenters. The summed E-state index contributed by atoms with van der Waals surface area (Å²) in [5.41, 5.74) is 0.691. The van der Waals surface area contributed by atoms with E-state index in [9.17, 15) is 9.59 Å². The number of ether oxygens (including phenoxy) is 1. The number of nitrogens with zero attached hydrogens (tertiary/aromatic N) is 3. The van der Waals surface area contributed by atoms with Crippen LogP contribution in [0.25, 0.3) is 0 Å². The molecule has 1 aliphatic heterocycles. The van der Waals surface area contributed by atoms with E-state index in [1.165, 1.54) is 11.8 Å². The Morgan fingerprint density at radius 2 is 2.30 bits per heavy atom. The molecule has 0 bridgehead atoms. The van der Waals surface area contributed by atoms with E-state index in [4.69, 9.17) is 4.74 Å². The van der Waals surface area contributed by atoms with Gasteiger partial charge in [-0.25, -0.2) is 4.79 Å². The Balaban J connectivity index is 2.20. The predicted molar refractivity (Wildman–Crippen MR) is 74.4 cm³/mol. The molecule has 1 aromatic rings. The van der Waals surface area contributed by atoms with E-state index in [2.05, 4.69) is 15.4 Å². The fraction of sp³-hybridized carbons (Fsp3) is 0.667. The molecule has 0 saturated carbocycles. The van der Waals surface area contributed by atoms with Crippen LogP contribution in [0.5, 0.6) is 0 Å². The molecule has 2 heterocycles. The molecule has 2 rings (SSSR count). The summed E-state index contributed by atoms with van der Waals surface area (Å²) in [4.78, 5) is 25.7. The van der Waals surface area contributed by atoms with Gasteiger partial charge in [-0.3, -0.25) is 4.79 Å². The zero-order valence-corrected chi connectivity index (χ0v) is 12.4. The van der Waals surface area contributed by atoms with Gasteiger partial charge in [0.15, 0.2) is 5.69 Å². The van der Waals surface area contributed by atoms with Crippen molar-refractivity contribution in [1.82, 2.24) is 20.3 Å². The van der Waals surface area contributed by atoms with Crippen LogP contribution in [-0.4, -0.2) is 57.3 Å². The highest BCUT2D eigenvalue weighted by Gasteiger charge is 2.35. The van der Waals surface area contributed by atoms with Gasteiger partial charge in [0, 0.05) is 6.54 Å². The monoisotopic (exact) mass is 298 g/mol. The smallest absolute Gasteiger partial charge is 0.360 e.